The number of thiocarbonyl (C=S) groups is 1. The van der Waals surface area contributed by atoms with E-state index in [1.54, 1.807) is 7.05 Å². The summed E-state index contributed by atoms with van der Waals surface area (Å²) in [5, 5.41) is 0.622. The quantitative estimate of drug-likeness (QED) is 0.466. The highest BCUT2D eigenvalue weighted by molar-refractivity contribution is 7.80. The van der Waals surface area contributed by atoms with Crippen molar-refractivity contribution in [3.05, 3.63) is 0 Å². The number of hydrogen-bond donors (Lipinski definition) is 0. The molecule has 0 aromatic heterocycles. The molecule has 0 saturated carbocycles. The molecule has 0 bridgehead atoms. The van der Waals surface area contributed by atoms with Crippen molar-refractivity contribution in [1.29, 1.82) is 0 Å². The van der Waals surface area contributed by atoms with Gasteiger partial charge in [0.15, 0.2) is 5.11 Å². The van der Waals surface area contributed by atoms with Gasteiger partial charge in [0.2, 0.25) is 5.91 Å². The van der Waals surface area contributed by atoms with Gasteiger partial charge in [0.25, 0.3) is 0 Å². The Bertz CT molecular complexity index is 181. The molecule has 1 amide bonds. The molecule has 4 heteroatoms. The van der Waals surface area contributed by atoms with Crippen molar-refractivity contribution in [2.45, 2.75) is 6.42 Å². The van der Waals surface area contributed by atoms with Crippen LogP contribution in [0.4, 0.5) is 0 Å². The maximum atomic E-state index is 11.0. The van der Waals surface area contributed by atoms with E-state index in [0.29, 0.717) is 11.5 Å². The Morgan fingerprint density at radius 3 is 2.60 bits per heavy atom. The smallest absolute Gasteiger partial charge is 0.230 e. The highest BCUT2D eigenvalue weighted by Gasteiger charge is 2.22. The Balaban J connectivity index is 2.70. The molecule has 1 aliphatic rings. The van der Waals surface area contributed by atoms with Gasteiger partial charge in [0, 0.05) is 27.1 Å². The fourth-order valence-electron chi connectivity index (χ4n) is 0.889. The normalized spacial score (nSPS) is 20.2. The third kappa shape index (κ3) is 1.11. The lowest BCUT2D eigenvalue weighted by Crippen LogP contribution is -2.48. The molecule has 0 spiro atoms. The summed E-state index contributed by atoms with van der Waals surface area (Å²) < 4.78 is 0. The van der Waals surface area contributed by atoms with Crippen LogP contribution in [-0.4, -0.2) is 41.5 Å². The summed E-state index contributed by atoms with van der Waals surface area (Å²) >= 11 is 4.96. The van der Waals surface area contributed by atoms with Crippen molar-refractivity contribution in [3.63, 3.8) is 0 Å². The summed E-state index contributed by atoms with van der Waals surface area (Å²) in [6, 6.07) is 0. The molecule has 0 atom stereocenters. The first-order valence-electron chi connectivity index (χ1n) is 3.14. The average molecular weight is 158 g/mol. The zero-order chi connectivity index (χ0) is 7.72. The van der Waals surface area contributed by atoms with E-state index in [1.165, 1.54) is 4.90 Å². The number of carbonyl (C=O) groups excluding carboxylic acids is 1. The SMILES string of the molecule is CN1CCC(=O)N(C)C1=S. The molecular weight excluding hydrogens is 148 g/mol. The van der Waals surface area contributed by atoms with Crippen molar-refractivity contribution in [2.24, 2.45) is 0 Å². The first kappa shape index (κ1) is 7.47. The molecule has 0 aliphatic carbocycles. The van der Waals surface area contributed by atoms with Crippen LogP contribution in [0.1, 0.15) is 6.42 Å². The fourth-order valence-corrected chi connectivity index (χ4v) is 1.08. The maximum absolute atomic E-state index is 11.0. The maximum Gasteiger partial charge on any atom is 0.230 e. The van der Waals surface area contributed by atoms with Gasteiger partial charge in [0.1, 0.15) is 0 Å². The molecule has 0 radical (unpaired) electrons. The molecule has 1 aliphatic heterocycles. The number of rotatable bonds is 0. The monoisotopic (exact) mass is 158 g/mol. The molecule has 0 aromatic carbocycles. The van der Waals surface area contributed by atoms with Crippen LogP contribution in [0.3, 0.4) is 0 Å². The van der Waals surface area contributed by atoms with Crippen LogP contribution in [0.2, 0.25) is 0 Å². The van der Waals surface area contributed by atoms with Gasteiger partial charge in [-0.15, -0.1) is 0 Å². The Kier molecular flexibility index (Phi) is 1.89. The van der Waals surface area contributed by atoms with Crippen molar-refractivity contribution in [1.82, 2.24) is 9.80 Å². The highest BCUT2D eigenvalue weighted by atomic mass is 32.1. The minimum atomic E-state index is 0.114. The Morgan fingerprint density at radius 2 is 2.10 bits per heavy atom. The second-order valence-corrected chi connectivity index (χ2v) is 2.77. The molecule has 0 aromatic rings. The number of amides is 1. The summed E-state index contributed by atoms with van der Waals surface area (Å²) in [5.74, 6) is 0.114. The van der Waals surface area contributed by atoms with Gasteiger partial charge < -0.3 is 4.90 Å². The Morgan fingerprint density at radius 1 is 1.50 bits per heavy atom. The van der Waals surface area contributed by atoms with Gasteiger partial charge in [0.05, 0.1) is 0 Å². The number of carbonyl (C=O) groups is 1. The summed E-state index contributed by atoms with van der Waals surface area (Å²) in [4.78, 5) is 14.4. The minimum absolute atomic E-state index is 0.114. The zero-order valence-corrected chi connectivity index (χ0v) is 6.94. The number of nitrogens with zero attached hydrogens (tertiary/aromatic N) is 2. The van der Waals surface area contributed by atoms with E-state index in [1.807, 2.05) is 11.9 Å². The highest BCUT2D eigenvalue weighted by Crippen LogP contribution is 2.05. The van der Waals surface area contributed by atoms with Crippen molar-refractivity contribution >= 4 is 23.2 Å². The lowest BCUT2D eigenvalue weighted by molar-refractivity contribution is -0.128. The van der Waals surface area contributed by atoms with Crippen LogP contribution in [0.15, 0.2) is 0 Å². The predicted octanol–water partition coefficient (Wildman–Crippen LogP) is 0.0652. The van der Waals surface area contributed by atoms with Crippen LogP contribution in [0, 0.1) is 0 Å². The van der Waals surface area contributed by atoms with Crippen LogP contribution in [-0.2, 0) is 4.79 Å². The summed E-state index contributed by atoms with van der Waals surface area (Å²) in [6.07, 6.45) is 0.577. The van der Waals surface area contributed by atoms with Crippen molar-refractivity contribution in [2.75, 3.05) is 20.6 Å². The first-order chi connectivity index (χ1) is 4.63. The van der Waals surface area contributed by atoms with Gasteiger partial charge in [-0.05, 0) is 12.2 Å². The molecule has 56 valence electrons. The predicted molar refractivity (Wildman–Crippen MR) is 42.6 cm³/mol. The van der Waals surface area contributed by atoms with Crippen molar-refractivity contribution in [3.8, 4) is 0 Å². The van der Waals surface area contributed by atoms with E-state index in [0.717, 1.165) is 6.54 Å². The summed E-state index contributed by atoms with van der Waals surface area (Å²) in [5.41, 5.74) is 0. The second kappa shape index (κ2) is 2.54. The zero-order valence-electron chi connectivity index (χ0n) is 6.13. The van der Waals surface area contributed by atoms with E-state index in [2.05, 4.69) is 0 Å². The lowest BCUT2D eigenvalue weighted by atomic mass is 10.3. The van der Waals surface area contributed by atoms with Crippen LogP contribution in [0.25, 0.3) is 0 Å². The first-order valence-corrected chi connectivity index (χ1v) is 3.55. The van der Waals surface area contributed by atoms with Crippen molar-refractivity contribution < 1.29 is 4.79 Å². The summed E-state index contributed by atoms with van der Waals surface area (Å²) in [6.45, 7) is 0.752. The van der Waals surface area contributed by atoms with Crippen LogP contribution < -0.4 is 0 Å². The Labute approximate surface area is 65.6 Å². The molecule has 1 rings (SSSR count). The molecule has 0 N–H and O–H groups in total. The van der Waals surface area contributed by atoms with E-state index in [-0.39, 0.29) is 5.91 Å². The van der Waals surface area contributed by atoms with Gasteiger partial charge in [-0.1, -0.05) is 0 Å². The molecule has 10 heavy (non-hydrogen) atoms. The molecule has 1 saturated heterocycles. The van der Waals surface area contributed by atoms with Crippen LogP contribution >= 0.6 is 12.2 Å². The minimum Gasteiger partial charge on any atom is -0.351 e. The molecular formula is C6H10N2OS. The number of hydrogen-bond acceptors (Lipinski definition) is 2. The van der Waals surface area contributed by atoms with Gasteiger partial charge in [-0.25, -0.2) is 0 Å². The second-order valence-electron chi connectivity index (χ2n) is 2.41. The molecule has 1 fully saturated rings. The largest absolute Gasteiger partial charge is 0.351 e. The Hall–Kier alpha value is -0.640. The van der Waals surface area contributed by atoms with E-state index in [9.17, 15) is 4.79 Å². The third-order valence-electron chi connectivity index (χ3n) is 1.65. The molecule has 1 heterocycles. The lowest BCUT2D eigenvalue weighted by Gasteiger charge is -2.31. The summed E-state index contributed by atoms with van der Waals surface area (Å²) in [7, 11) is 3.60. The molecule has 0 unspecified atom stereocenters. The van der Waals surface area contributed by atoms with Gasteiger partial charge >= 0.3 is 0 Å². The third-order valence-corrected chi connectivity index (χ3v) is 2.23. The molecule has 3 nitrogen and oxygen atoms in total. The van der Waals surface area contributed by atoms with E-state index < -0.39 is 0 Å². The van der Waals surface area contributed by atoms with E-state index in [4.69, 9.17) is 12.2 Å². The van der Waals surface area contributed by atoms with E-state index >= 15 is 0 Å². The van der Waals surface area contributed by atoms with Gasteiger partial charge in [-0.3, -0.25) is 9.69 Å². The average Bonchev–Trinajstić information content (AvgIpc) is 1.93. The van der Waals surface area contributed by atoms with Crippen LogP contribution in [0.5, 0.6) is 0 Å². The topological polar surface area (TPSA) is 23.6 Å². The standard InChI is InChI=1S/C6H10N2OS/c1-7-4-3-5(9)8(2)6(7)10/h3-4H2,1-2H3. The fraction of sp³-hybridized carbons (Fsp3) is 0.667. The van der Waals surface area contributed by atoms with Gasteiger partial charge in [-0.2, -0.15) is 0 Å².